The van der Waals surface area contributed by atoms with Gasteiger partial charge in [-0.1, -0.05) is 11.3 Å². The molecule has 2 aromatic heterocycles. The SMILES string of the molecule is Cc1nc(NC(=O)OC(C)(C)C)sc1-c1cc(C(=O)O)n[nH]1. The number of aryl methyl sites for hydroxylation is 1. The lowest BCUT2D eigenvalue weighted by Gasteiger charge is -2.18. The van der Waals surface area contributed by atoms with Crippen LogP contribution in [-0.2, 0) is 4.74 Å². The van der Waals surface area contributed by atoms with Crippen LogP contribution in [0.1, 0.15) is 37.0 Å². The molecule has 3 N–H and O–H groups in total. The van der Waals surface area contributed by atoms with E-state index in [4.69, 9.17) is 9.84 Å². The van der Waals surface area contributed by atoms with E-state index >= 15 is 0 Å². The largest absolute Gasteiger partial charge is 0.476 e. The first-order chi connectivity index (χ1) is 10.2. The quantitative estimate of drug-likeness (QED) is 0.799. The van der Waals surface area contributed by atoms with Crippen molar-refractivity contribution in [1.29, 1.82) is 0 Å². The lowest BCUT2D eigenvalue weighted by atomic mass is 10.2. The predicted octanol–water partition coefficient (Wildman–Crippen LogP) is 2.89. The summed E-state index contributed by atoms with van der Waals surface area (Å²) in [5.74, 6) is -1.11. The van der Waals surface area contributed by atoms with Crippen molar-refractivity contribution in [3.63, 3.8) is 0 Å². The van der Waals surface area contributed by atoms with E-state index in [0.29, 0.717) is 21.4 Å². The number of nitrogens with one attached hydrogen (secondary N) is 2. The van der Waals surface area contributed by atoms with Crippen LogP contribution in [0.5, 0.6) is 0 Å². The Balaban J connectivity index is 2.17. The molecule has 0 spiro atoms. The number of carboxylic acids is 1. The number of H-pyrrole nitrogens is 1. The zero-order valence-corrected chi connectivity index (χ0v) is 13.4. The van der Waals surface area contributed by atoms with Crippen LogP contribution in [0.25, 0.3) is 10.6 Å². The van der Waals surface area contributed by atoms with Gasteiger partial charge in [0, 0.05) is 0 Å². The second kappa shape index (κ2) is 5.76. The van der Waals surface area contributed by atoms with Crippen molar-refractivity contribution in [1.82, 2.24) is 15.2 Å². The molecular formula is C13H16N4O4S. The fraction of sp³-hybridized carbons (Fsp3) is 0.385. The van der Waals surface area contributed by atoms with Crippen LogP contribution in [0.3, 0.4) is 0 Å². The first-order valence-corrected chi connectivity index (χ1v) is 7.24. The van der Waals surface area contributed by atoms with Crippen molar-refractivity contribution in [2.45, 2.75) is 33.3 Å². The molecule has 0 radical (unpaired) electrons. The van der Waals surface area contributed by atoms with E-state index in [0.717, 1.165) is 0 Å². The smallest absolute Gasteiger partial charge is 0.413 e. The van der Waals surface area contributed by atoms with E-state index in [1.807, 2.05) is 0 Å². The van der Waals surface area contributed by atoms with Gasteiger partial charge in [-0.2, -0.15) is 5.10 Å². The lowest BCUT2D eigenvalue weighted by molar-refractivity contribution is 0.0634. The number of thiazole rings is 1. The summed E-state index contributed by atoms with van der Waals surface area (Å²) in [7, 11) is 0. The molecule has 2 aromatic rings. The zero-order chi connectivity index (χ0) is 16.5. The molecule has 0 aliphatic carbocycles. The molecule has 0 bridgehead atoms. The number of carbonyl (C=O) groups is 2. The number of rotatable bonds is 3. The van der Waals surface area contributed by atoms with Crippen LogP contribution < -0.4 is 5.32 Å². The highest BCUT2D eigenvalue weighted by atomic mass is 32.1. The molecule has 2 rings (SSSR count). The second-order valence-electron chi connectivity index (χ2n) is 5.53. The molecule has 1 amide bonds. The molecule has 0 aromatic carbocycles. The van der Waals surface area contributed by atoms with Gasteiger partial charge >= 0.3 is 12.1 Å². The van der Waals surface area contributed by atoms with Gasteiger partial charge in [-0.25, -0.2) is 14.6 Å². The number of aromatic amines is 1. The molecule has 0 atom stereocenters. The Bertz CT molecular complexity index is 714. The maximum absolute atomic E-state index is 11.7. The Labute approximate surface area is 130 Å². The number of carbonyl (C=O) groups excluding carboxylic acids is 1. The van der Waals surface area contributed by atoms with Gasteiger partial charge in [0.05, 0.1) is 16.3 Å². The Kier molecular flexibility index (Phi) is 4.18. The van der Waals surface area contributed by atoms with Crippen LogP contribution in [0.4, 0.5) is 9.93 Å². The summed E-state index contributed by atoms with van der Waals surface area (Å²) < 4.78 is 5.15. The van der Waals surface area contributed by atoms with Crippen molar-refractivity contribution >= 4 is 28.5 Å². The highest BCUT2D eigenvalue weighted by molar-refractivity contribution is 7.19. The van der Waals surface area contributed by atoms with Gasteiger partial charge in [-0.05, 0) is 33.8 Å². The first kappa shape index (κ1) is 16.0. The first-order valence-electron chi connectivity index (χ1n) is 6.42. The maximum Gasteiger partial charge on any atom is 0.413 e. The third-order valence-corrected chi connectivity index (χ3v) is 3.55. The van der Waals surface area contributed by atoms with Crippen molar-refractivity contribution in [2.75, 3.05) is 5.32 Å². The molecule has 22 heavy (non-hydrogen) atoms. The van der Waals surface area contributed by atoms with Crippen LogP contribution in [-0.4, -0.2) is 38.0 Å². The fourth-order valence-corrected chi connectivity index (χ4v) is 2.56. The average molecular weight is 324 g/mol. The third kappa shape index (κ3) is 3.82. The topological polar surface area (TPSA) is 117 Å². The van der Waals surface area contributed by atoms with Gasteiger partial charge in [-0.15, -0.1) is 0 Å². The molecule has 118 valence electrons. The number of amides is 1. The summed E-state index contributed by atoms with van der Waals surface area (Å²) in [5, 5.41) is 18.1. The fourth-order valence-electron chi connectivity index (χ4n) is 1.64. The van der Waals surface area contributed by atoms with E-state index in [1.54, 1.807) is 27.7 Å². The molecule has 9 heteroatoms. The number of hydrogen-bond acceptors (Lipinski definition) is 6. The van der Waals surface area contributed by atoms with Gasteiger partial charge in [0.2, 0.25) is 0 Å². The highest BCUT2D eigenvalue weighted by Crippen LogP contribution is 2.32. The predicted molar refractivity (Wildman–Crippen MR) is 81.2 cm³/mol. The minimum atomic E-state index is -1.11. The van der Waals surface area contributed by atoms with E-state index in [1.165, 1.54) is 17.4 Å². The van der Waals surface area contributed by atoms with Gasteiger partial charge in [0.15, 0.2) is 10.8 Å². The number of aromatic nitrogens is 3. The lowest BCUT2D eigenvalue weighted by Crippen LogP contribution is -2.27. The molecular weight excluding hydrogens is 308 g/mol. The highest BCUT2D eigenvalue weighted by Gasteiger charge is 2.19. The van der Waals surface area contributed by atoms with Gasteiger partial charge < -0.3 is 9.84 Å². The van der Waals surface area contributed by atoms with Crippen LogP contribution >= 0.6 is 11.3 Å². The molecule has 0 aliphatic rings. The molecule has 0 fully saturated rings. The number of hydrogen-bond donors (Lipinski definition) is 3. The average Bonchev–Trinajstić information content (AvgIpc) is 2.93. The summed E-state index contributed by atoms with van der Waals surface area (Å²) in [6, 6.07) is 1.42. The van der Waals surface area contributed by atoms with E-state index in [-0.39, 0.29) is 5.69 Å². The molecule has 8 nitrogen and oxygen atoms in total. The zero-order valence-electron chi connectivity index (χ0n) is 12.6. The third-order valence-electron chi connectivity index (χ3n) is 2.45. The van der Waals surface area contributed by atoms with Crippen LogP contribution in [0.15, 0.2) is 6.07 Å². The second-order valence-corrected chi connectivity index (χ2v) is 6.53. The number of nitrogens with zero attached hydrogens (tertiary/aromatic N) is 2. The van der Waals surface area contributed by atoms with Gasteiger partial charge in [-0.3, -0.25) is 10.4 Å². The van der Waals surface area contributed by atoms with Crippen LogP contribution in [0.2, 0.25) is 0 Å². The number of aromatic carboxylic acids is 1. The van der Waals surface area contributed by atoms with E-state index in [9.17, 15) is 9.59 Å². The standard InChI is InChI=1S/C13H16N4O4S/c1-6-9(7-5-8(10(18)19)17-16-7)22-11(14-6)15-12(20)21-13(2,3)4/h5H,1-4H3,(H,16,17)(H,18,19)(H,14,15,20). The molecule has 0 saturated heterocycles. The summed E-state index contributed by atoms with van der Waals surface area (Å²) in [6.45, 7) is 7.06. The minimum absolute atomic E-state index is 0.0792. The van der Waals surface area contributed by atoms with Crippen molar-refractivity contribution in [3.8, 4) is 10.6 Å². The summed E-state index contributed by atoms with van der Waals surface area (Å²) in [6.07, 6.45) is -0.594. The minimum Gasteiger partial charge on any atom is -0.476 e. The Hall–Kier alpha value is -2.42. The van der Waals surface area contributed by atoms with Crippen LogP contribution in [0, 0.1) is 6.92 Å². The number of ether oxygens (including phenoxy) is 1. The maximum atomic E-state index is 11.7. The van der Waals surface area contributed by atoms with Crippen molar-refractivity contribution < 1.29 is 19.4 Å². The Morgan fingerprint density at radius 1 is 1.41 bits per heavy atom. The Morgan fingerprint density at radius 3 is 2.64 bits per heavy atom. The molecule has 0 unspecified atom stereocenters. The van der Waals surface area contributed by atoms with E-state index in [2.05, 4.69) is 20.5 Å². The van der Waals surface area contributed by atoms with Crippen molar-refractivity contribution in [3.05, 3.63) is 17.5 Å². The van der Waals surface area contributed by atoms with Gasteiger partial charge in [0.25, 0.3) is 0 Å². The molecule has 0 aliphatic heterocycles. The normalized spacial score (nSPS) is 11.3. The van der Waals surface area contributed by atoms with Gasteiger partial charge in [0.1, 0.15) is 5.60 Å². The number of anilines is 1. The monoisotopic (exact) mass is 324 g/mol. The van der Waals surface area contributed by atoms with E-state index < -0.39 is 17.7 Å². The molecule has 2 heterocycles. The van der Waals surface area contributed by atoms with Crippen molar-refractivity contribution in [2.24, 2.45) is 0 Å². The summed E-state index contributed by atoms with van der Waals surface area (Å²) >= 11 is 1.20. The Morgan fingerprint density at radius 2 is 2.09 bits per heavy atom. The molecule has 0 saturated carbocycles. The summed E-state index contributed by atoms with van der Waals surface area (Å²) in [5.41, 5.74) is 0.504. The number of carboxylic acid groups (broad SMARTS) is 1. The summed E-state index contributed by atoms with van der Waals surface area (Å²) in [4.78, 5) is 27.5.